The van der Waals surface area contributed by atoms with E-state index in [0.29, 0.717) is 58.2 Å². The van der Waals surface area contributed by atoms with E-state index >= 15 is 0 Å². The number of halogens is 1. The molecule has 36 heavy (non-hydrogen) atoms. The fraction of sp³-hybridized carbons (Fsp3) is 0.179. The van der Waals surface area contributed by atoms with Gasteiger partial charge in [-0.15, -0.1) is 0 Å². The highest BCUT2D eigenvalue weighted by Crippen LogP contribution is 2.37. The van der Waals surface area contributed by atoms with E-state index in [2.05, 4.69) is 15.6 Å². The lowest BCUT2D eigenvalue weighted by atomic mass is 10.1. The van der Waals surface area contributed by atoms with Gasteiger partial charge < -0.3 is 20.1 Å². The number of nitrogens with zero attached hydrogens (tertiary/aromatic N) is 1. The molecule has 184 valence electrons. The fourth-order valence-electron chi connectivity index (χ4n) is 3.80. The molecule has 0 unspecified atom stereocenters. The number of amides is 2. The van der Waals surface area contributed by atoms with Crippen LogP contribution in [-0.4, -0.2) is 30.0 Å². The molecule has 7 nitrogen and oxygen atoms in total. The van der Waals surface area contributed by atoms with Gasteiger partial charge in [-0.05, 0) is 57.2 Å². The van der Waals surface area contributed by atoms with Crippen LogP contribution in [0.5, 0.6) is 11.5 Å². The van der Waals surface area contributed by atoms with Gasteiger partial charge in [-0.3, -0.25) is 14.6 Å². The van der Waals surface area contributed by atoms with Crippen molar-refractivity contribution in [2.24, 2.45) is 0 Å². The maximum atomic E-state index is 14.0. The summed E-state index contributed by atoms with van der Waals surface area (Å²) in [5.41, 5.74) is 2.65. The maximum absolute atomic E-state index is 14.0. The Labute approximate surface area is 208 Å². The average Bonchev–Trinajstić information content (AvgIpc) is 2.87. The van der Waals surface area contributed by atoms with E-state index in [0.717, 1.165) is 0 Å². The molecule has 0 bridgehead atoms. The van der Waals surface area contributed by atoms with Gasteiger partial charge in [0.2, 0.25) is 0 Å². The highest BCUT2D eigenvalue weighted by molar-refractivity contribution is 6.13. The van der Waals surface area contributed by atoms with Crippen LogP contribution in [0.15, 0.2) is 66.7 Å². The standard InChI is InChI=1S/C28H26FN3O4/c1-4-35-25-16-24(26(36-5-2)15-23(25)31-27(33)18-9-7-6-8-10-18)32-28(34)21-13-17(3)30-22-12-11-19(29)14-20(21)22/h6-16H,4-5H2,1-3H3,(H,31,33)(H,32,34). The minimum absolute atomic E-state index is 0.277. The smallest absolute Gasteiger partial charge is 0.256 e. The Morgan fingerprint density at radius 3 is 2.06 bits per heavy atom. The van der Waals surface area contributed by atoms with Crippen LogP contribution in [0.1, 0.15) is 40.3 Å². The number of ether oxygens (including phenoxy) is 2. The van der Waals surface area contributed by atoms with Gasteiger partial charge in [-0.1, -0.05) is 18.2 Å². The number of aromatic nitrogens is 1. The zero-order valence-electron chi connectivity index (χ0n) is 20.2. The van der Waals surface area contributed by atoms with Gasteiger partial charge in [0, 0.05) is 28.8 Å². The van der Waals surface area contributed by atoms with Gasteiger partial charge in [-0.2, -0.15) is 0 Å². The molecular weight excluding hydrogens is 461 g/mol. The molecule has 2 N–H and O–H groups in total. The van der Waals surface area contributed by atoms with Crippen molar-refractivity contribution in [3.8, 4) is 11.5 Å². The number of rotatable bonds is 8. The van der Waals surface area contributed by atoms with Crippen LogP contribution in [0.3, 0.4) is 0 Å². The minimum atomic E-state index is -0.464. The summed E-state index contributed by atoms with van der Waals surface area (Å²) in [6.45, 7) is 6.06. The number of anilines is 2. The zero-order chi connectivity index (χ0) is 25.7. The van der Waals surface area contributed by atoms with Crippen molar-refractivity contribution in [1.82, 2.24) is 4.98 Å². The van der Waals surface area contributed by atoms with E-state index in [1.165, 1.54) is 18.2 Å². The molecule has 0 atom stereocenters. The molecule has 0 fully saturated rings. The topological polar surface area (TPSA) is 89.6 Å². The van der Waals surface area contributed by atoms with E-state index in [9.17, 15) is 14.0 Å². The molecule has 0 spiro atoms. The number of carbonyl (C=O) groups is 2. The molecule has 1 aromatic heterocycles. The molecule has 0 aliphatic heterocycles. The maximum Gasteiger partial charge on any atom is 0.256 e. The molecule has 0 saturated carbocycles. The zero-order valence-corrected chi connectivity index (χ0v) is 20.2. The van der Waals surface area contributed by atoms with E-state index in [4.69, 9.17) is 9.47 Å². The Morgan fingerprint density at radius 1 is 0.833 bits per heavy atom. The number of aryl methyl sites for hydroxylation is 1. The summed E-state index contributed by atoms with van der Waals surface area (Å²) in [6.07, 6.45) is 0. The van der Waals surface area contributed by atoms with Crippen molar-refractivity contribution < 1.29 is 23.5 Å². The Hall–Kier alpha value is -4.46. The molecule has 4 aromatic rings. The Bertz CT molecular complexity index is 1420. The highest BCUT2D eigenvalue weighted by atomic mass is 19.1. The van der Waals surface area contributed by atoms with E-state index < -0.39 is 11.7 Å². The Morgan fingerprint density at radius 2 is 1.44 bits per heavy atom. The van der Waals surface area contributed by atoms with Gasteiger partial charge in [0.25, 0.3) is 11.8 Å². The first-order valence-electron chi connectivity index (χ1n) is 11.6. The first kappa shape index (κ1) is 24.7. The van der Waals surface area contributed by atoms with Crippen molar-refractivity contribution in [2.75, 3.05) is 23.8 Å². The molecule has 0 aliphatic carbocycles. The Balaban J connectivity index is 1.71. The van der Waals surface area contributed by atoms with Gasteiger partial charge >= 0.3 is 0 Å². The molecule has 0 saturated heterocycles. The van der Waals surface area contributed by atoms with Crippen LogP contribution in [0.25, 0.3) is 10.9 Å². The molecule has 0 aliphatic rings. The summed E-state index contributed by atoms with van der Waals surface area (Å²) >= 11 is 0. The molecule has 8 heteroatoms. The predicted octanol–water partition coefficient (Wildman–Crippen LogP) is 5.98. The number of carbonyl (C=O) groups excluding carboxylic acids is 2. The van der Waals surface area contributed by atoms with Gasteiger partial charge in [-0.25, -0.2) is 4.39 Å². The van der Waals surface area contributed by atoms with Crippen molar-refractivity contribution in [3.05, 3.63) is 89.4 Å². The summed E-state index contributed by atoms with van der Waals surface area (Å²) in [4.78, 5) is 30.5. The number of fused-ring (bicyclic) bond motifs is 1. The Kier molecular flexibility index (Phi) is 7.44. The second kappa shape index (κ2) is 10.9. The first-order valence-corrected chi connectivity index (χ1v) is 11.6. The van der Waals surface area contributed by atoms with Crippen LogP contribution < -0.4 is 20.1 Å². The van der Waals surface area contributed by atoms with E-state index in [1.807, 2.05) is 19.9 Å². The molecule has 4 rings (SSSR count). The van der Waals surface area contributed by atoms with Crippen LogP contribution in [0.2, 0.25) is 0 Å². The highest BCUT2D eigenvalue weighted by Gasteiger charge is 2.19. The van der Waals surface area contributed by atoms with Crippen LogP contribution in [0, 0.1) is 12.7 Å². The SMILES string of the molecule is CCOc1cc(NC(=O)c2cc(C)nc3ccc(F)cc23)c(OCC)cc1NC(=O)c1ccccc1. The van der Waals surface area contributed by atoms with Crippen molar-refractivity contribution in [3.63, 3.8) is 0 Å². The monoisotopic (exact) mass is 487 g/mol. The molecule has 2 amide bonds. The third-order valence-corrected chi connectivity index (χ3v) is 5.36. The first-order chi connectivity index (χ1) is 17.4. The molecule has 3 aromatic carbocycles. The predicted molar refractivity (Wildman–Crippen MR) is 138 cm³/mol. The summed E-state index contributed by atoms with van der Waals surface area (Å²) in [6, 6.07) is 17.7. The summed E-state index contributed by atoms with van der Waals surface area (Å²) < 4.78 is 25.5. The second-order valence-electron chi connectivity index (χ2n) is 7.96. The minimum Gasteiger partial charge on any atom is -0.492 e. The fourth-order valence-corrected chi connectivity index (χ4v) is 3.80. The molecule has 0 radical (unpaired) electrons. The number of nitrogens with one attached hydrogen (secondary N) is 2. The van der Waals surface area contributed by atoms with Crippen LogP contribution in [-0.2, 0) is 0 Å². The largest absolute Gasteiger partial charge is 0.492 e. The quantitative estimate of drug-likeness (QED) is 0.319. The van der Waals surface area contributed by atoms with Crippen LogP contribution >= 0.6 is 0 Å². The average molecular weight is 488 g/mol. The van der Waals surface area contributed by atoms with Crippen molar-refractivity contribution >= 4 is 34.1 Å². The molecular formula is C28H26FN3O4. The number of benzene rings is 3. The molecule has 1 heterocycles. The second-order valence-corrected chi connectivity index (χ2v) is 7.96. The lowest BCUT2D eigenvalue weighted by molar-refractivity contribution is 0.101. The summed E-state index contributed by atoms with van der Waals surface area (Å²) in [5, 5.41) is 6.10. The normalized spacial score (nSPS) is 10.7. The van der Waals surface area contributed by atoms with Gasteiger partial charge in [0.05, 0.1) is 35.7 Å². The van der Waals surface area contributed by atoms with Gasteiger partial charge in [0.1, 0.15) is 17.3 Å². The number of hydrogen-bond acceptors (Lipinski definition) is 5. The lowest BCUT2D eigenvalue weighted by Gasteiger charge is -2.18. The van der Waals surface area contributed by atoms with Gasteiger partial charge in [0.15, 0.2) is 0 Å². The van der Waals surface area contributed by atoms with Crippen molar-refractivity contribution in [1.29, 1.82) is 0 Å². The lowest BCUT2D eigenvalue weighted by Crippen LogP contribution is -2.16. The third kappa shape index (κ3) is 5.43. The van der Waals surface area contributed by atoms with E-state index in [1.54, 1.807) is 49.4 Å². The number of pyridine rings is 1. The summed E-state index contributed by atoms with van der Waals surface area (Å²) in [5.74, 6) is -0.521. The van der Waals surface area contributed by atoms with Crippen LogP contribution in [0.4, 0.5) is 15.8 Å². The third-order valence-electron chi connectivity index (χ3n) is 5.36. The summed E-state index contributed by atoms with van der Waals surface area (Å²) in [7, 11) is 0. The number of hydrogen-bond donors (Lipinski definition) is 2. The van der Waals surface area contributed by atoms with E-state index in [-0.39, 0.29) is 11.5 Å². The van der Waals surface area contributed by atoms with Crippen molar-refractivity contribution in [2.45, 2.75) is 20.8 Å².